The second-order valence-corrected chi connectivity index (χ2v) is 13.5. The number of likely N-dealkylation sites (N-methyl/N-ethyl adjacent to an activating group) is 1. The molecule has 1 rings (SSSR count). The topological polar surface area (TPSA) is 108 Å². The third kappa shape index (κ3) is 22.4. The van der Waals surface area contributed by atoms with Gasteiger partial charge in [0.2, 0.25) is 5.91 Å². The Balaban J connectivity index is 0.00000243. The molecule has 282 valence electrons. The van der Waals surface area contributed by atoms with Crippen LogP contribution >= 0.6 is 12.2 Å². The van der Waals surface area contributed by atoms with Gasteiger partial charge >= 0.3 is 0 Å². The van der Waals surface area contributed by atoms with E-state index in [-0.39, 0.29) is 22.7 Å². The van der Waals surface area contributed by atoms with Crippen LogP contribution in [0.5, 0.6) is 0 Å². The van der Waals surface area contributed by atoms with Gasteiger partial charge in [0.05, 0.1) is 12.1 Å². The average Bonchev–Trinajstić information content (AvgIpc) is 3.12. The summed E-state index contributed by atoms with van der Waals surface area (Å²) in [5, 5.41) is 12.8. The van der Waals surface area contributed by atoms with Crippen molar-refractivity contribution < 1.29 is 9.59 Å². The van der Waals surface area contributed by atoms with Crippen LogP contribution in [0.25, 0.3) is 0 Å². The lowest BCUT2D eigenvalue weighted by Gasteiger charge is -2.29. The maximum atomic E-state index is 13.3. The fraction of sp³-hybridized carbons (Fsp3) is 0.465. The molecule has 0 aliphatic carbocycles. The van der Waals surface area contributed by atoms with E-state index in [9.17, 15) is 9.59 Å². The third-order valence-corrected chi connectivity index (χ3v) is 9.01. The first-order valence-corrected chi connectivity index (χ1v) is 18.6. The van der Waals surface area contributed by atoms with Crippen molar-refractivity contribution in [2.75, 3.05) is 13.6 Å². The zero-order chi connectivity index (χ0) is 38.6. The smallest absolute Gasteiger partial charge is 0.238 e. The van der Waals surface area contributed by atoms with Crippen molar-refractivity contribution in [2.24, 2.45) is 23.5 Å². The summed E-state index contributed by atoms with van der Waals surface area (Å²) in [6.07, 6.45) is 21.9. The minimum absolute atomic E-state index is 0.0900. The molecule has 0 spiro atoms. The van der Waals surface area contributed by atoms with Crippen molar-refractivity contribution in [1.29, 1.82) is 0 Å². The number of allylic oxidation sites excluding steroid dienone is 11. The van der Waals surface area contributed by atoms with Crippen LogP contribution in [0.1, 0.15) is 86.1 Å². The maximum Gasteiger partial charge on any atom is 0.238 e. The molecule has 51 heavy (non-hydrogen) atoms. The number of ketones is 1. The van der Waals surface area contributed by atoms with Crippen LogP contribution in [0.4, 0.5) is 0 Å². The highest BCUT2D eigenvalue weighted by Crippen LogP contribution is 2.24. The molecule has 0 saturated heterocycles. The molecule has 0 aromatic heterocycles. The van der Waals surface area contributed by atoms with Gasteiger partial charge in [0.25, 0.3) is 0 Å². The van der Waals surface area contributed by atoms with Gasteiger partial charge in [-0.05, 0) is 90.5 Å². The SMILES string of the molecule is C=C/C=C\C(=C/C)CC(NC)C(=O)NC(C(C)=O)C(CCC(C)CCC(C)C(=C)NCc1ccccc1)CNC(N)=S.C\C=C/C=C\C(C)=C/C. The molecule has 8 heteroatoms. The normalized spacial score (nSPS) is 15.0. The Kier molecular flexibility index (Phi) is 26.4. The number of carbonyl (C=O) groups is 2. The van der Waals surface area contributed by atoms with Gasteiger partial charge in [0, 0.05) is 24.7 Å². The van der Waals surface area contributed by atoms with E-state index in [4.69, 9.17) is 18.0 Å². The average molecular weight is 718 g/mol. The van der Waals surface area contributed by atoms with Gasteiger partial charge in [-0.3, -0.25) is 9.59 Å². The van der Waals surface area contributed by atoms with Crippen molar-refractivity contribution in [3.63, 3.8) is 0 Å². The van der Waals surface area contributed by atoms with Crippen LogP contribution < -0.4 is 27.0 Å². The summed E-state index contributed by atoms with van der Waals surface area (Å²) in [6.45, 7) is 23.2. The lowest BCUT2D eigenvalue weighted by Crippen LogP contribution is -2.54. The molecule has 0 saturated carbocycles. The van der Waals surface area contributed by atoms with E-state index in [1.165, 1.54) is 18.1 Å². The lowest BCUT2D eigenvalue weighted by molar-refractivity contribution is -0.129. The van der Waals surface area contributed by atoms with Gasteiger partial charge < -0.3 is 27.0 Å². The first kappa shape index (κ1) is 47.0. The molecule has 1 amide bonds. The van der Waals surface area contributed by atoms with Crippen molar-refractivity contribution >= 4 is 29.0 Å². The summed E-state index contributed by atoms with van der Waals surface area (Å²) >= 11 is 5.04. The van der Waals surface area contributed by atoms with Gasteiger partial charge in [-0.1, -0.05) is 136 Å². The van der Waals surface area contributed by atoms with Gasteiger partial charge in [0.1, 0.15) is 0 Å². The third-order valence-electron chi connectivity index (χ3n) is 8.87. The van der Waals surface area contributed by atoms with Crippen molar-refractivity contribution in [3.8, 4) is 0 Å². The van der Waals surface area contributed by atoms with Crippen LogP contribution in [0.15, 0.2) is 115 Å². The predicted octanol–water partition coefficient (Wildman–Crippen LogP) is 8.40. The number of nitrogens with two attached hydrogens (primary N) is 1. The maximum absolute atomic E-state index is 13.3. The van der Waals surface area contributed by atoms with E-state index in [0.29, 0.717) is 24.8 Å². The van der Waals surface area contributed by atoms with Crippen LogP contribution in [0, 0.1) is 17.8 Å². The summed E-state index contributed by atoms with van der Waals surface area (Å²) in [6, 6.07) is 9.17. The first-order valence-electron chi connectivity index (χ1n) is 18.2. The van der Waals surface area contributed by atoms with E-state index in [2.05, 4.69) is 79.5 Å². The Morgan fingerprint density at radius 3 is 2.14 bits per heavy atom. The molecule has 6 N–H and O–H groups in total. The summed E-state index contributed by atoms with van der Waals surface area (Å²) in [5.74, 6) is 0.314. The number of benzene rings is 1. The number of rotatable bonds is 23. The van der Waals surface area contributed by atoms with Crippen molar-refractivity contribution in [3.05, 3.63) is 121 Å². The number of amides is 1. The van der Waals surface area contributed by atoms with Crippen LogP contribution in [0.2, 0.25) is 0 Å². The minimum atomic E-state index is -0.652. The summed E-state index contributed by atoms with van der Waals surface area (Å²) in [4.78, 5) is 26.1. The van der Waals surface area contributed by atoms with Crippen LogP contribution in [-0.2, 0) is 16.1 Å². The molecule has 0 aliphatic rings. The van der Waals surface area contributed by atoms with E-state index in [1.54, 1.807) is 13.1 Å². The quantitative estimate of drug-likeness (QED) is 0.0572. The minimum Gasteiger partial charge on any atom is -0.385 e. The molecule has 7 nitrogen and oxygen atoms in total. The Bertz CT molecular complexity index is 1350. The van der Waals surface area contributed by atoms with Gasteiger partial charge in [0.15, 0.2) is 10.9 Å². The first-order chi connectivity index (χ1) is 24.3. The largest absolute Gasteiger partial charge is 0.385 e. The fourth-order valence-corrected chi connectivity index (χ4v) is 5.29. The molecule has 0 radical (unpaired) electrons. The molecule has 0 fully saturated rings. The Morgan fingerprint density at radius 1 is 0.922 bits per heavy atom. The molecule has 5 atom stereocenters. The van der Waals surface area contributed by atoms with Crippen LogP contribution in [-0.4, -0.2) is 42.5 Å². The molecule has 0 heterocycles. The lowest BCUT2D eigenvalue weighted by atomic mass is 9.86. The number of hydrogen-bond acceptors (Lipinski definition) is 5. The highest BCUT2D eigenvalue weighted by Gasteiger charge is 2.30. The molecular weight excluding hydrogens is 651 g/mol. The zero-order valence-electron chi connectivity index (χ0n) is 32.6. The molecule has 0 bridgehead atoms. The fourth-order valence-electron chi connectivity index (χ4n) is 5.21. The highest BCUT2D eigenvalue weighted by atomic mass is 32.1. The van der Waals surface area contributed by atoms with E-state index in [1.807, 2.05) is 75.4 Å². The monoisotopic (exact) mass is 718 g/mol. The van der Waals surface area contributed by atoms with Crippen molar-refractivity contribution in [2.45, 2.75) is 99.2 Å². The van der Waals surface area contributed by atoms with Crippen LogP contribution in [0.3, 0.4) is 0 Å². The standard InChI is InChI=1S/C34H53N5O2S.C9H14/c1-8-10-14-28(9-2)21-31(36-7)33(41)39-32(27(6)40)30(23-38-34(35)42)20-18-24(3)17-19-25(4)26(5)37-22-29-15-12-11-13-16-29;1-4-6-7-8-9(3)5-2/h8-16,24-25,30-32,36-37H,1,5,17-23H2,2-4,6-7H3,(H,39,41)(H3,35,38,42);4-8H,1-3H3/b14-10-,28-9+;6-4-,8-7-,9-5-. The Hall–Kier alpha value is -4.01. The number of nitrogens with one attached hydrogen (secondary N) is 4. The van der Waals surface area contributed by atoms with Gasteiger partial charge in [-0.15, -0.1) is 0 Å². The Labute approximate surface area is 315 Å². The summed E-state index contributed by atoms with van der Waals surface area (Å²) < 4.78 is 0. The summed E-state index contributed by atoms with van der Waals surface area (Å²) in [5.41, 5.74) is 10.3. The molecule has 1 aromatic rings. The van der Waals surface area contributed by atoms with E-state index in [0.717, 1.165) is 43.5 Å². The molecular formula is C43H67N5O2S. The van der Waals surface area contributed by atoms with Gasteiger partial charge in [-0.2, -0.15) is 0 Å². The number of thiocarbonyl (C=S) groups is 1. The number of carbonyl (C=O) groups excluding carboxylic acids is 2. The number of hydrogen-bond donors (Lipinski definition) is 5. The predicted molar refractivity (Wildman–Crippen MR) is 224 cm³/mol. The molecule has 1 aromatic carbocycles. The summed E-state index contributed by atoms with van der Waals surface area (Å²) in [7, 11) is 1.75. The number of Topliss-reactive ketones (excluding diaryl/α,β-unsaturated/α-hetero) is 1. The second kappa shape index (κ2) is 28.7. The molecule has 0 aliphatic heterocycles. The zero-order valence-corrected chi connectivity index (χ0v) is 33.5. The van der Waals surface area contributed by atoms with Crippen molar-refractivity contribution in [1.82, 2.24) is 21.3 Å². The van der Waals surface area contributed by atoms with E-state index < -0.39 is 12.1 Å². The van der Waals surface area contributed by atoms with Gasteiger partial charge in [-0.25, -0.2) is 0 Å². The molecule has 5 unspecified atom stereocenters. The highest BCUT2D eigenvalue weighted by molar-refractivity contribution is 7.80. The second-order valence-electron chi connectivity index (χ2n) is 13.0. The van der Waals surface area contributed by atoms with E-state index >= 15 is 0 Å². The Morgan fingerprint density at radius 2 is 1.59 bits per heavy atom.